The van der Waals surface area contributed by atoms with E-state index in [4.69, 9.17) is 5.11 Å². The van der Waals surface area contributed by atoms with Gasteiger partial charge in [0.05, 0.1) is 6.26 Å². The summed E-state index contributed by atoms with van der Waals surface area (Å²) < 4.78 is 0. The minimum absolute atomic E-state index is 1.01. The Kier molecular flexibility index (Phi) is 14.3. The van der Waals surface area contributed by atoms with E-state index in [0.29, 0.717) is 0 Å². The summed E-state index contributed by atoms with van der Waals surface area (Å²) in [5.74, 6) is 6.48. The van der Waals surface area contributed by atoms with Crippen LogP contribution in [0.1, 0.15) is 77.6 Å². The molecule has 0 radical (unpaired) electrons. The second-order valence-electron chi connectivity index (χ2n) is 4.50. The standard InChI is InChI=1S/C16H28O/c1-2-3-4-5-6-7-8-9-10-11-12-13-14-15-16-17/h15-17H,2-4,7-14H2,1H3/b16-15-. The Labute approximate surface area is 107 Å². The molecule has 17 heavy (non-hydrogen) atoms. The molecule has 0 aliphatic rings. The molecule has 0 aromatic carbocycles. The van der Waals surface area contributed by atoms with Crippen molar-refractivity contribution in [2.24, 2.45) is 0 Å². The van der Waals surface area contributed by atoms with Crippen molar-refractivity contribution in [1.29, 1.82) is 0 Å². The van der Waals surface area contributed by atoms with E-state index in [1.54, 1.807) is 0 Å². The molecule has 0 heterocycles. The van der Waals surface area contributed by atoms with Crippen LogP contribution >= 0.6 is 0 Å². The van der Waals surface area contributed by atoms with Gasteiger partial charge in [-0.3, -0.25) is 0 Å². The molecule has 1 heteroatoms. The van der Waals surface area contributed by atoms with Gasteiger partial charge in [0, 0.05) is 12.8 Å². The van der Waals surface area contributed by atoms with Gasteiger partial charge in [-0.05, 0) is 25.7 Å². The SMILES string of the molecule is CCCCC#CCCCCCCCC/C=C\O. The highest BCUT2D eigenvalue weighted by molar-refractivity contribution is 4.98. The third-order valence-corrected chi connectivity index (χ3v) is 2.81. The van der Waals surface area contributed by atoms with E-state index in [2.05, 4.69) is 18.8 Å². The topological polar surface area (TPSA) is 20.2 Å². The fourth-order valence-corrected chi connectivity index (χ4v) is 1.70. The first-order valence-electron chi connectivity index (χ1n) is 7.16. The zero-order valence-electron chi connectivity index (χ0n) is 11.4. The average Bonchev–Trinajstić information content (AvgIpc) is 2.35. The zero-order chi connectivity index (χ0) is 12.6. The summed E-state index contributed by atoms with van der Waals surface area (Å²) >= 11 is 0. The number of hydrogen-bond acceptors (Lipinski definition) is 1. The fraction of sp³-hybridized carbons (Fsp3) is 0.750. The Morgan fingerprint density at radius 1 is 0.824 bits per heavy atom. The van der Waals surface area contributed by atoms with Crippen LogP contribution in [-0.2, 0) is 0 Å². The first-order chi connectivity index (χ1) is 8.41. The molecule has 0 saturated carbocycles. The molecular weight excluding hydrogens is 208 g/mol. The van der Waals surface area contributed by atoms with Gasteiger partial charge in [-0.25, -0.2) is 0 Å². The highest BCUT2D eigenvalue weighted by Gasteiger charge is 1.89. The van der Waals surface area contributed by atoms with Crippen molar-refractivity contribution in [2.75, 3.05) is 0 Å². The molecule has 0 unspecified atom stereocenters. The Balaban J connectivity index is 3.04. The molecule has 98 valence electrons. The van der Waals surface area contributed by atoms with Gasteiger partial charge in [0.2, 0.25) is 0 Å². The molecule has 0 spiro atoms. The summed E-state index contributed by atoms with van der Waals surface area (Å²) in [6.07, 6.45) is 16.4. The lowest BCUT2D eigenvalue weighted by Crippen LogP contribution is -1.79. The van der Waals surface area contributed by atoms with Crippen LogP contribution in [0, 0.1) is 11.8 Å². The van der Waals surface area contributed by atoms with Gasteiger partial charge in [-0.2, -0.15) is 0 Å². The monoisotopic (exact) mass is 236 g/mol. The van der Waals surface area contributed by atoms with Crippen molar-refractivity contribution in [3.63, 3.8) is 0 Å². The molecule has 0 saturated heterocycles. The summed E-state index contributed by atoms with van der Waals surface area (Å²) in [5, 5.41) is 8.45. The zero-order valence-corrected chi connectivity index (χ0v) is 11.4. The van der Waals surface area contributed by atoms with Gasteiger partial charge in [-0.1, -0.05) is 45.1 Å². The molecule has 0 rings (SSSR count). The van der Waals surface area contributed by atoms with E-state index in [1.165, 1.54) is 51.4 Å². The minimum Gasteiger partial charge on any atom is -0.516 e. The first-order valence-corrected chi connectivity index (χ1v) is 7.16. The number of rotatable bonds is 10. The van der Waals surface area contributed by atoms with Crippen LogP contribution < -0.4 is 0 Å². The third-order valence-electron chi connectivity index (χ3n) is 2.81. The molecule has 1 N–H and O–H groups in total. The first kappa shape index (κ1) is 16.1. The van der Waals surface area contributed by atoms with E-state index < -0.39 is 0 Å². The Morgan fingerprint density at radius 2 is 1.41 bits per heavy atom. The number of hydrogen-bond donors (Lipinski definition) is 1. The molecule has 0 aromatic heterocycles. The van der Waals surface area contributed by atoms with Crippen LogP contribution in [0.3, 0.4) is 0 Å². The summed E-state index contributed by atoms with van der Waals surface area (Å²) in [5.41, 5.74) is 0. The van der Waals surface area contributed by atoms with Crippen molar-refractivity contribution < 1.29 is 5.11 Å². The second-order valence-corrected chi connectivity index (χ2v) is 4.50. The predicted octanol–water partition coefficient (Wildman–Crippen LogP) is 5.37. The smallest absolute Gasteiger partial charge is 0.0751 e. The highest BCUT2D eigenvalue weighted by Crippen LogP contribution is 2.08. The summed E-state index contributed by atoms with van der Waals surface area (Å²) in [4.78, 5) is 0. The van der Waals surface area contributed by atoms with Crippen LogP contribution in [-0.4, -0.2) is 5.11 Å². The lowest BCUT2D eigenvalue weighted by Gasteiger charge is -1.98. The Hall–Kier alpha value is -0.900. The second kappa shape index (κ2) is 15.1. The number of allylic oxidation sites excluding steroid dienone is 1. The van der Waals surface area contributed by atoms with E-state index in [1.807, 2.05) is 6.08 Å². The van der Waals surface area contributed by atoms with Gasteiger partial charge in [0.15, 0.2) is 0 Å². The van der Waals surface area contributed by atoms with Crippen LogP contribution in [0.25, 0.3) is 0 Å². The maximum absolute atomic E-state index is 8.45. The number of aliphatic hydroxyl groups excluding tert-OH is 1. The molecule has 0 aliphatic heterocycles. The molecule has 0 bridgehead atoms. The van der Waals surface area contributed by atoms with Crippen molar-refractivity contribution >= 4 is 0 Å². The van der Waals surface area contributed by atoms with Crippen molar-refractivity contribution in [2.45, 2.75) is 77.6 Å². The normalized spacial score (nSPS) is 10.4. The van der Waals surface area contributed by atoms with Gasteiger partial charge in [0.1, 0.15) is 0 Å². The van der Waals surface area contributed by atoms with Crippen molar-refractivity contribution in [1.82, 2.24) is 0 Å². The van der Waals surface area contributed by atoms with Gasteiger partial charge >= 0.3 is 0 Å². The van der Waals surface area contributed by atoms with Gasteiger partial charge in [0.25, 0.3) is 0 Å². The van der Waals surface area contributed by atoms with Crippen molar-refractivity contribution in [3.8, 4) is 11.8 Å². The molecule has 0 atom stereocenters. The highest BCUT2D eigenvalue weighted by atomic mass is 16.2. The third kappa shape index (κ3) is 15.1. The molecule has 0 amide bonds. The quantitative estimate of drug-likeness (QED) is 0.307. The maximum Gasteiger partial charge on any atom is 0.0751 e. The molecule has 0 aliphatic carbocycles. The lowest BCUT2D eigenvalue weighted by molar-refractivity contribution is 0.469. The van der Waals surface area contributed by atoms with Crippen LogP contribution in [0.2, 0.25) is 0 Å². The van der Waals surface area contributed by atoms with Crippen molar-refractivity contribution in [3.05, 3.63) is 12.3 Å². The largest absolute Gasteiger partial charge is 0.516 e. The molecule has 0 aromatic rings. The maximum atomic E-state index is 8.45. The van der Waals surface area contributed by atoms with Gasteiger partial charge in [-0.15, -0.1) is 11.8 Å². The fourth-order valence-electron chi connectivity index (χ4n) is 1.70. The van der Waals surface area contributed by atoms with E-state index >= 15 is 0 Å². The van der Waals surface area contributed by atoms with Crippen LogP contribution in [0.4, 0.5) is 0 Å². The summed E-state index contributed by atoms with van der Waals surface area (Å²) in [7, 11) is 0. The summed E-state index contributed by atoms with van der Waals surface area (Å²) in [6, 6.07) is 0. The minimum atomic E-state index is 1.01. The van der Waals surface area contributed by atoms with Crippen LogP contribution in [0.5, 0.6) is 0 Å². The van der Waals surface area contributed by atoms with E-state index in [-0.39, 0.29) is 0 Å². The molecule has 1 nitrogen and oxygen atoms in total. The van der Waals surface area contributed by atoms with Crippen LogP contribution in [0.15, 0.2) is 12.3 Å². The van der Waals surface area contributed by atoms with E-state index in [9.17, 15) is 0 Å². The Bertz CT molecular complexity index is 219. The van der Waals surface area contributed by atoms with Gasteiger partial charge < -0.3 is 5.11 Å². The number of unbranched alkanes of at least 4 members (excludes halogenated alkanes) is 9. The number of aliphatic hydroxyl groups is 1. The predicted molar refractivity (Wildman–Crippen MR) is 76.0 cm³/mol. The summed E-state index contributed by atoms with van der Waals surface area (Å²) in [6.45, 7) is 2.21. The lowest BCUT2D eigenvalue weighted by atomic mass is 10.1. The Morgan fingerprint density at radius 3 is 2.06 bits per heavy atom. The average molecular weight is 236 g/mol. The van der Waals surface area contributed by atoms with E-state index in [0.717, 1.165) is 25.5 Å². The molecular formula is C16H28O. The molecule has 0 fully saturated rings.